The molecule has 2 saturated carbocycles. The van der Waals surface area contributed by atoms with Crippen molar-refractivity contribution in [1.29, 1.82) is 0 Å². The third kappa shape index (κ3) is 2.51. The fourth-order valence-electron chi connectivity index (χ4n) is 8.11. The molecular formula is C25H40O2. The number of allylic oxidation sites excluding steroid dienone is 3. The second-order valence-corrected chi connectivity index (χ2v) is 11.4. The van der Waals surface area contributed by atoms with E-state index in [-0.39, 0.29) is 10.8 Å². The van der Waals surface area contributed by atoms with Crippen molar-refractivity contribution in [3.8, 4) is 0 Å². The van der Waals surface area contributed by atoms with Gasteiger partial charge in [0, 0.05) is 5.41 Å². The molecule has 0 aromatic rings. The van der Waals surface area contributed by atoms with Crippen LogP contribution in [0, 0.1) is 39.9 Å². The van der Waals surface area contributed by atoms with Crippen molar-refractivity contribution >= 4 is 0 Å². The molecule has 0 heterocycles. The van der Waals surface area contributed by atoms with Crippen molar-refractivity contribution in [3.05, 3.63) is 23.3 Å². The second-order valence-electron chi connectivity index (χ2n) is 11.4. The van der Waals surface area contributed by atoms with Gasteiger partial charge in [-0.25, -0.2) is 0 Å². The molecule has 0 saturated heterocycles. The van der Waals surface area contributed by atoms with Crippen LogP contribution >= 0.6 is 0 Å². The zero-order valence-corrected chi connectivity index (χ0v) is 18.3. The minimum Gasteiger partial charge on any atom is -0.392 e. The van der Waals surface area contributed by atoms with Crippen molar-refractivity contribution in [3.63, 3.8) is 0 Å². The van der Waals surface area contributed by atoms with Crippen LogP contribution < -0.4 is 0 Å². The van der Waals surface area contributed by atoms with Gasteiger partial charge in [-0.15, -0.1) is 0 Å². The van der Waals surface area contributed by atoms with Gasteiger partial charge in [0.2, 0.25) is 0 Å². The molecule has 0 aromatic heterocycles. The molecule has 2 fully saturated rings. The number of aliphatic hydroxyl groups is 2. The minimum absolute atomic E-state index is 0.164. The maximum atomic E-state index is 11.4. The van der Waals surface area contributed by atoms with Gasteiger partial charge in [-0.2, -0.15) is 0 Å². The summed E-state index contributed by atoms with van der Waals surface area (Å²) in [5.74, 6) is 2.30. The van der Waals surface area contributed by atoms with E-state index in [1.807, 2.05) is 6.08 Å². The van der Waals surface area contributed by atoms with Gasteiger partial charge in [0.05, 0.1) is 12.2 Å². The monoisotopic (exact) mass is 372 g/mol. The van der Waals surface area contributed by atoms with Crippen LogP contribution in [0.1, 0.15) is 80.1 Å². The van der Waals surface area contributed by atoms with Crippen LogP contribution in [0.2, 0.25) is 0 Å². The number of rotatable bonds is 1. The van der Waals surface area contributed by atoms with Crippen LogP contribution in [0.15, 0.2) is 23.3 Å². The minimum atomic E-state index is -0.539. The number of hydrogen-bond acceptors (Lipinski definition) is 2. The first kappa shape index (κ1) is 19.7. The molecule has 4 aliphatic rings. The lowest BCUT2D eigenvalue weighted by atomic mass is 9.41. The Balaban J connectivity index is 1.80. The number of aliphatic hydroxyl groups excluding tert-OH is 2. The summed E-state index contributed by atoms with van der Waals surface area (Å²) in [4.78, 5) is 0. The highest BCUT2D eigenvalue weighted by Gasteiger charge is 2.65. The van der Waals surface area contributed by atoms with Crippen LogP contribution in [0.25, 0.3) is 0 Å². The molecule has 0 aromatic carbocycles. The Morgan fingerprint density at radius 1 is 1.07 bits per heavy atom. The topological polar surface area (TPSA) is 40.5 Å². The fraction of sp³-hybridized carbons (Fsp3) is 0.840. The van der Waals surface area contributed by atoms with Gasteiger partial charge in [-0.1, -0.05) is 57.9 Å². The average Bonchev–Trinajstić information content (AvgIpc) is 2.88. The van der Waals surface area contributed by atoms with Crippen LogP contribution in [-0.2, 0) is 0 Å². The molecule has 0 amide bonds. The quantitative estimate of drug-likeness (QED) is 0.597. The van der Waals surface area contributed by atoms with Crippen LogP contribution in [0.4, 0.5) is 0 Å². The molecule has 2 N–H and O–H groups in total. The molecule has 0 bridgehead atoms. The fourth-order valence-corrected chi connectivity index (χ4v) is 8.11. The Morgan fingerprint density at radius 2 is 1.78 bits per heavy atom. The van der Waals surface area contributed by atoms with E-state index in [1.165, 1.54) is 18.4 Å². The van der Waals surface area contributed by atoms with Crippen LogP contribution in [0.3, 0.4) is 0 Å². The van der Waals surface area contributed by atoms with E-state index >= 15 is 0 Å². The van der Waals surface area contributed by atoms with Crippen molar-refractivity contribution in [2.75, 3.05) is 0 Å². The van der Waals surface area contributed by atoms with Crippen molar-refractivity contribution < 1.29 is 10.2 Å². The van der Waals surface area contributed by atoms with Crippen LogP contribution in [-0.4, -0.2) is 22.4 Å². The van der Waals surface area contributed by atoms with E-state index in [4.69, 9.17) is 0 Å². The Morgan fingerprint density at radius 3 is 2.44 bits per heavy atom. The summed E-state index contributed by atoms with van der Waals surface area (Å²) in [6.07, 6.45) is 10.3. The third-order valence-corrected chi connectivity index (χ3v) is 9.80. The lowest BCUT2D eigenvalue weighted by Gasteiger charge is -2.64. The Bertz CT molecular complexity index is 676. The van der Waals surface area contributed by atoms with Crippen molar-refractivity contribution in [1.82, 2.24) is 0 Å². The molecule has 8 atom stereocenters. The standard InChI is InChI=1S/C25H40O2/c1-15(2)17-9-11-23(4)18(17)10-12-24(5)19-8-7-16(3)13-21(26)25(19,6)22(27)14-20(23)24/h10,13,15,17,19-22,26-27H,7-9,11-12,14H2,1-6H3. The first-order valence-corrected chi connectivity index (χ1v) is 11.3. The Kier molecular flexibility index (Phi) is 4.52. The summed E-state index contributed by atoms with van der Waals surface area (Å²) in [6.45, 7) is 14.0. The second kappa shape index (κ2) is 6.20. The Labute approximate surface area is 166 Å². The van der Waals surface area contributed by atoms with E-state index in [0.29, 0.717) is 23.7 Å². The number of fused-ring (bicyclic) bond motifs is 5. The van der Waals surface area contributed by atoms with Crippen molar-refractivity contribution in [2.24, 2.45) is 39.9 Å². The smallest absolute Gasteiger partial charge is 0.0804 e. The molecule has 0 spiro atoms. The lowest BCUT2D eigenvalue weighted by molar-refractivity contribution is -0.193. The zero-order valence-electron chi connectivity index (χ0n) is 18.3. The third-order valence-electron chi connectivity index (χ3n) is 9.80. The average molecular weight is 373 g/mol. The zero-order chi connectivity index (χ0) is 19.8. The van der Waals surface area contributed by atoms with E-state index in [9.17, 15) is 10.2 Å². The van der Waals surface area contributed by atoms with Gasteiger partial charge in [-0.05, 0) is 80.0 Å². The molecule has 2 nitrogen and oxygen atoms in total. The van der Waals surface area contributed by atoms with Crippen LogP contribution in [0.5, 0.6) is 0 Å². The summed E-state index contributed by atoms with van der Waals surface area (Å²) in [7, 11) is 0. The van der Waals surface area contributed by atoms with E-state index in [0.717, 1.165) is 25.7 Å². The first-order chi connectivity index (χ1) is 12.5. The summed E-state index contributed by atoms with van der Waals surface area (Å²) in [5.41, 5.74) is 2.94. The van der Waals surface area contributed by atoms with Gasteiger partial charge in [0.15, 0.2) is 0 Å². The van der Waals surface area contributed by atoms with E-state index in [2.05, 4.69) is 47.6 Å². The molecule has 4 rings (SSSR count). The summed E-state index contributed by atoms with van der Waals surface area (Å²) in [5, 5.41) is 22.5. The highest BCUT2D eigenvalue weighted by Crippen LogP contribution is 2.70. The van der Waals surface area contributed by atoms with Gasteiger partial charge in [0.1, 0.15) is 0 Å². The Hall–Kier alpha value is -0.600. The lowest BCUT2D eigenvalue weighted by Crippen LogP contribution is -2.62. The SMILES string of the molecule is CC1=CC(O)C2(C)C(O)CC3C4(C)CCC(C(C)C)C4=CCC3(C)C2CC1. The van der Waals surface area contributed by atoms with Gasteiger partial charge >= 0.3 is 0 Å². The summed E-state index contributed by atoms with van der Waals surface area (Å²) < 4.78 is 0. The maximum Gasteiger partial charge on any atom is 0.0804 e. The largest absolute Gasteiger partial charge is 0.392 e. The van der Waals surface area contributed by atoms with Gasteiger partial charge < -0.3 is 10.2 Å². The molecule has 0 aliphatic heterocycles. The normalized spacial score (nSPS) is 52.4. The summed E-state index contributed by atoms with van der Waals surface area (Å²) >= 11 is 0. The predicted molar refractivity (Wildman–Crippen MR) is 111 cm³/mol. The highest BCUT2D eigenvalue weighted by atomic mass is 16.3. The summed E-state index contributed by atoms with van der Waals surface area (Å²) in [6, 6.07) is 0. The predicted octanol–water partition coefficient (Wildman–Crippen LogP) is 5.50. The van der Waals surface area contributed by atoms with Gasteiger partial charge in [-0.3, -0.25) is 0 Å². The first-order valence-electron chi connectivity index (χ1n) is 11.3. The molecule has 4 aliphatic carbocycles. The maximum absolute atomic E-state index is 11.4. The number of hydrogen-bond donors (Lipinski definition) is 2. The molecule has 8 unspecified atom stereocenters. The highest BCUT2D eigenvalue weighted by molar-refractivity contribution is 5.32. The molecular weight excluding hydrogens is 332 g/mol. The van der Waals surface area contributed by atoms with Gasteiger partial charge in [0.25, 0.3) is 0 Å². The molecule has 2 heteroatoms. The molecule has 0 radical (unpaired) electrons. The van der Waals surface area contributed by atoms with E-state index in [1.54, 1.807) is 5.57 Å². The molecule has 152 valence electrons. The molecule has 27 heavy (non-hydrogen) atoms. The van der Waals surface area contributed by atoms with E-state index < -0.39 is 17.6 Å². The van der Waals surface area contributed by atoms with Crippen molar-refractivity contribution in [2.45, 2.75) is 92.3 Å².